The second kappa shape index (κ2) is 3.11. The van der Waals surface area contributed by atoms with Crippen molar-refractivity contribution in [1.82, 2.24) is 9.21 Å². The van der Waals surface area contributed by atoms with Crippen molar-refractivity contribution >= 4 is 11.1 Å². The van der Waals surface area contributed by atoms with E-state index in [1.54, 1.807) is 0 Å². The topological polar surface area (TPSA) is 6.48 Å². The van der Waals surface area contributed by atoms with E-state index in [0.717, 1.165) is 6.04 Å². The number of thiol groups is 1. The van der Waals surface area contributed by atoms with Crippen LogP contribution >= 0.6 is 11.1 Å². The van der Waals surface area contributed by atoms with E-state index >= 15 is 0 Å². The number of nitrogens with zero attached hydrogens (tertiary/aromatic N) is 2. The lowest BCUT2D eigenvalue weighted by atomic mass is 10.2. The number of hydrogen-bond donors (Lipinski definition) is 1. The Labute approximate surface area is 66.7 Å². The molecule has 1 rings (SSSR count). The van der Waals surface area contributed by atoms with Crippen molar-refractivity contribution in [1.29, 1.82) is 0 Å². The molecule has 1 heterocycles. The van der Waals surface area contributed by atoms with E-state index in [-0.39, 0.29) is 11.1 Å². The van der Waals surface area contributed by atoms with Crippen molar-refractivity contribution in [3.05, 3.63) is 0 Å². The van der Waals surface area contributed by atoms with E-state index in [1.807, 2.05) is 0 Å². The lowest BCUT2D eigenvalue weighted by molar-refractivity contribution is 0.143. The van der Waals surface area contributed by atoms with Crippen molar-refractivity contribution in [3.8, 4) is 0 Å². The first-order valence-electron chi connectivity index (χ1n) is 3.70. The van der Waals surface area contributed by atoms with Gasteiger partial charge in [-0.05, 0) is 26.6 Å². The van der Waals surface area contributed by atoms with Gasteiger partial charge in [0.25, 0.3) is 0 Å². The van der Waals surface area contributed by atoms with Gasteiger partial charge in [-0.15, -0.1) is 0 Å². The summed E-state index contributed by atoms with van der Waals surface area (Å²) in [6.45, 7) is 2.57. The van der Waals surface area contributed by atoms with Gasteiger partial charge in [0.15, 0.2) is 0 Å². The molecule has 0 spiro atoms. The van der Waals surface area contributed by atoms with Crippen LogP contribution in [-0.4, -0.2) is 54.9 Å². The molecule has 0 aliphatic carbocycles. The molecule has 2 nitrogen and oxygen atoms in total. The van der Waals surface area contributed by atoms with Gasteiger partial charge in [-0.2, -0.15) is 0 Å². The summed E-state index contributed by atoms with van der Waals surface area (Å²) < 4.78 is 2.56. The van der Waals surface area contributed by atoms with Gasteiger partial charge in [0, 0.05) is 19.1 Å². The van der Waals surface area contributed by atoms with Gasteiger partial charge in [-0.25, -0.2) is 11.1 Å². The molecule has 1 fully saturated rings. The van der Waals surface area contributed by atoms with Crippen LogP contribution in [0.1, 0.15) is 0 Å². The summed E-state index contributed by atoms with van der Waals surface area (Å²) in [6.07, 6.45) is 4.64. The smallest absolute Gasteiger partial charge is 0.0361 e. The highest BCUT2D eigenvalue weighted by Crippen LogP contribution is 2.28. The Morgan fingerprint density at radius 1 is 1.30 bits per heavy atom. The third kappa shape index (κ3) is 1.65. The minimum Gasteiger partial charge on any atom is -0.304 e. The molecule has 0 aromatic carbocycles. The van der Waals surface area contributed by atoms with Crippen LogP contribution in [0.4, 0.5) is 0 Å². The highest BCUT2D eigenvalue weighted by atomic mass is 32.2. The maximum Gasteiger partial charge on any atom is 0.0361 e. The van der Waals surface area contributed by atoms with E-state index in [2.05, 4.69) is 35.8 Å². The molecule has 10 heavy (non-hydrogen) atoms. The SMILES string of the molecule is CN(C)C1CN([SH](C)C)C1. The highest BCUT2D eigenvalue weighted by Gasteiger charge is 2.28. The Balaban J connectivity index is 2.18. The molecule has 1 aliphatic rings. The Bertz CT molecular complexity index is 96.2. The maximum atomic E-state index is 2.56. The average molecular weight is 162 g/mol. The van der Waals surface area contributed by atoms with E-state index in [0.29, 0.717) is 0 Å². The fourth-order valence-corrected chi connectivity index (χ4v) is 2.12. The Morgan fingerprint density at radius 2 is 1.80 bits per heavy atom. The molecular formula is C7H18N2S. The molecule has 62 valence electrons. The molecule has 0 amide bonds. The fraction of sp³-hybridized carbons (Fsp3) is 1.00. The van der Waals surface area contributed by atoms with E-state index < -0.39 is 0 Å². The molecule has 0 radical (unpaired) electrons. The van der Waals surface area contributed by atoms with Crippen molar-refractivity contribution in [2.24, 2.45) is 0 Å². The summed E-state index contributed by atoms with van der Waals surface area (Å²) in [5, 5.41) is 0. The van der Waals surface area contributed by atoms with Gasteiger partial charge < -0.3 is 4.90 Å². The zero-order valence-corrected chi connectivity index (χ0v) is 8.23. The van der Waals surface area contributed by atoms with E-state index in [4.69, 9.17) is 0 Å². The van der Waals surface area contributed by atoms with Crippen molar-refractivity contribution in [2.75, 3.05) is 39.7 Å². The van der Waals surface area contributed by atoms with Crippen LogP contribution in [0, 0.1) is 0 Å². The van der Waals surface area contributed by atoms with E-state index in [9.17, 15) is 0 Å². The molecule has 0 aromatic heterocycles. The van der Waals surface area contributed by atoms with Crippen LogP contribution < -0.4 is 0 Å². The van der Waals surface area contributed by atoms with Crippen molar-refractivity contribution in [2.45, 2.75) is 6.04 Å². The Kier molecular flexibility index (Phi) is 2.61. The molecule has 0 saturated carbocycles. The van der Waals surface area contributed by atoms with Crippen LogP contribution in [0.25, 0.3) is 0 Å². The molecule has 1 aliphatic heterocycles. The second-order valence-electron chi connectivity index (χ2n) is 3.34. The molecule has 1 saturated heterocycles. The number of hydrogen-bond acceptors (Lipinski definition) is 2. The second-order valence-corrected chi connectivity index (χ2v) is 5.60. The Morgan fingerprint density at radius 3 is 2.10 bits per heavy atom. The first-order chi connectivity index (χ1) is 4.61. The predicted octanol–water partition coefficient (Wildman–Crippen LogP) is 0.408. The number of rotatable bonds is 2. The third-order valence-corrected chi connectivity index (χ3v) is 3.60. The lowest BCUT2D eigenvalue weighted by Crippen LogP contribution is -2.55. The normalized spacial score (nSPS) is 23.1. The standard InChI is InChI=1S/C7H18N2S/c1-8(2)7-5-9(6-7)10(3)4/h7,10H,5-6H2,1-4H3. The molecule has 0 N–H and O–H groups in total. The predicted molar refractivity (Wildman–Crippen MR) is 49.9 cm³/mol. The summed E-state index contributed by atoms with van der Waals surface area (Å²) in [4.78, 5) is 2.31. The van der Waals surface area contributed by atoms with Gasteiger partial charge in [-0.1, -0.05) is 0 Å². The van der Waals surface area contributed by atoms with Gasteiger partial charge in [0.2, 0.25) is 0 Å². The summed E-state index contributed by atoms with van der Waals surface area (Å²) >= 11 is 0.180. The Hall–Kier alpha value is 0.270. The molecular weight excluding hydrogens is 144 g/mol. The van der Waals surface area contributed by atoms with Gasteiger partial charge >= 0.3 is 0 Å². The first-order valence-corrected chi connectivity index (χ1v) is 5.88. The zero-order chi connectivity index (χ0) is 7.72. The fourth-order valence-electron chi connectivity index (χ4n) is 1.09. The minimum absolute atomic E-state index is 0.180. The van der Waals surface area contributed by atoms with Crippen molar-refractivity contribution < 1.29 is 0 Å². The minimum atomic E-state index is 0.180. The van der Waals surface area contributed by atoms with Gasteiger partial charge in [0.1, 0.15) is 0 Å². The summed E-state index contributed by atoms with van der Waals surface area (Å²) in [5.41, 5.74) is 0. The van der Waals surface area contributed by atoms with Crippen LogP contribution in [0.5, 0.6) is 0 Å². The highest BCUT2D eigenvalue weighted by molar-refractivity contribution is 8.13. The monoisotopic (exact) mass is 162 g/mol. The molecule has 3 heteroatoms. The van der Waals surface area contributed by atoms with Crippen LogP contribution in [-0.2, 0) is 0 Å². The average Bonchev–Trinajstić information content (AvgIpc) is 1.56. The van der Waals surface area contributed by atoms with Gasteiger partial charge in [-0.3, -0.25) is 4.31 Å². The zero-order valence-electron chi connectivity index (χ0n) is 7.33. The first kappa shape index (κ1) is 8.37. The van der Waals surface area contributed by atoms with Crippen LogP contribution in [0.2, 0.25) is 0 Å². The molecule has 0 bridgehead atoms. The maximum absolute atomic E-state index is 2.56. The largest absolute Gasteiger partial charge is 0.304 e. The quantitative estimate of drug-likeness (QED) is 0.588. The van der Waals surface area contributed by atoms with E-state index in [1.165, 1.54) is 13.1 Å². The van der Waals surface area contributed by atoms with Crippen molar-refractivity contribution in [3.63, 3.8) is 0 Å². The number of likely N-dealkylation sites (N-methyl/N-ethyl adjacent to an activating group) is 1. The molecule has 0 unspecified atom stereocenters. The summed E-state index contributed by atoms with van der Waals surface area (Å²) in [6, 6.07) is 0.824. The van der Waals surface area contributed by atoms with Crippen LogP contribution in [0.3, 0.4) is 0 Å². The summed E-state index contributed by atoms with van der Waals surface area (Å²) in [7, 11) is 4.32. The van der Waals surface area contributed by atoms with Gasteiger partial charge in [0.05, 0.1) is 0 Å². The van der Waals surface area contributed by atoms with Crippen LogP contribution in [0.15, 0.2) is 0 Å². The molecule has 0 atom stereocenters. The lowest BCUT2D eigenvalue weighted by Gasteiger charge is -2.46. The summed E-state index contributed by atoms with van der Waals surface area (Å²) in [5.74, 6) is 0. The third-order valence-electron chi connectivity index (χ3n) is 2.14. The molecule has 0 aromatic rings.